The Morgan fingerprint density at radius 1 is 0.909 bits per heavy atom. The topological polar surface area (TPSA) is 84.9 Å². The van der Waals surface area contributed by atoms with Gasteiger partial charge in [0.15, 0.2) is 6.61 Å². The highest BCUT2D eigenvalue weighted by Crippen LogP contribution is 2.21. The lowest BCUT2D eigenvalue weighted by atomic mass is 10.1. The fourth-order valence-electron chi connectivity index (χ4n) is 3.60. The Balaban J connectivity index is 1.29. The molecule has 170 valence electrons. The Bertz CT molecular complexity index is 1100. The summed E-state index contributed by atoms with van der Waals surface area (Å²) in [5.74, 6) is 0.267. The molecule has 0 aliphatic carbocycles. The number of aromatic nitrogens is 2. The van der Waals surface area contributed by atoms with Crippen molar-refractivity contribution in [3.05, 3.63) is 83.7 Å². The highest BCUT2D eigenvalue weighted by atomic mass is 16.5. The van der Waals surface area contributed by atoms with Crippen LogP contribution in [0.15, 0.2) is 67.0 Å². The number of benzene rings is 2. The summed E-state index contributed by atoms with van der Waals surface area (Å²) in [6, 6.07) is 16.6. The van der Waals surface area contributed by atoms with E-state index in [1.54, 1.807) is 47.6 Å². The van der Waals surface area contributed by atoms with E-state index in [-0.39, 0.29) is 12.5 Å². The van der Waals surface area contributed by atoms with E-state index in [1.807, 2.05) is 36.1 Å². The Hall–Kier alpha value is -3.94. The van der Waals surface area contributed by atoms with Gasteiger partial charge >= 0.3 is 5.97 Å². The zero-order chi connectivity index (χ0) is 23.0. The summed E-state index contributed by atoms with van der Waals surface area (Å²) in [7, 11) is 0. The Morgan fingerprint density at radius 3 is 2.36 bits per heavy atom. The van der Waals surface area contributed by atoms with E-state index in [2.05, 4.69) is 9.97 Å². The molecule has 8 nitrogen and oxygen atoms in total. The van der Waals surface area contributed by atoms with Crippen molar-refractivity contribution in [1.29, 1.82) is 0 Å². The molecule has 1 fully saturated rings. The lowest BCUT2D eigenvalue weighted by Gasteiger charge is -2.34. The van der Waals surface area contributed by atoms with E-state index in [4.69, 9.17) is 9.47 Å². The number of anilines is 1. The average molecular weight is 447 g/mol. The summed E-state index contributed by atoms with van der Waals surface area (Å²) in [6.45, 7) is 4.32. The Kier molecular flexibility index (Phi) is 7.14. The normalized spacial score (nSPS) is 13.5. The van der Waals surface area contributed by atoms with Gasteiger partial charge in [-0.1, -0.05) is 36.4 Å². The second-order valence-corrected chi connectivity index (χ2v) is 7.70. The van der Waals surface area contributed by atoms with Crippen molar-refractivity contribution in [2.75, 3.05) is 37.7 Å². The van der Waals surface area contributed by atoms with Crippen LogP contribution < -0.4 is 9.64 Å². The van der Waals surface area contributed by atoms with Gasteiger partial charge < -0.3 is 19.3 Å². The van der Waals surface area contributed by atoms with Crippen LogP contribution in [-0.2, 0) is 16.1 Å². The molecule has 1 saturated heterocycles. The third-order valence-electron chi connectivity index (χ3n) is 5.55. The molecular weight excluding hydrogens is 420 g/mol. The molecule has 0 spiro atoms. The molecule has 2 aromatic carbocycles. The molecule has 0 bridgehead atoms. The predicted octanol–water partition coefficient (Wildman–Crippen LogP) is 2.87. The smallest absolute Gasteiger partial charge is 0.342 e. The number of aryl methyl sites for hydroxylation is 1. The van der Waals surface area contributed by atoms with Gasteiger partial charge in [-0.05, 0) is 36.2 Å². The monoisotopic (exact) mass is 446 g/mol. The lowest BCUT2D eigenvalue weighted by molar-refractivity contribution is -0.134. The molecule has 0 atom stereocenters. The number of rotatable bonds is 7. The summed E-state index contributed by atoms with van der Waals surface area (Å²) in [4.78, 5) is 37.4. The van der Waals surface area contributed by atoms with E-state index in [1.165, 1.54) is 0 Å². The molecule has 8 heteroatoms. The number of esters is 1. The van der Waals surface area contributed by atoms with Crippen LogP contribution in [0.4, 0.5) is 5.95 Å². The summed E-state index contributed by atoms with van der Waals surface area (Å²) < 4.78 is 11.2. The van der Waals surface area contributed by atoms with Crippen LogP contribution >= 0.6 is 0 Å². The van der Waals surface area contributed by atoms with Crippen molar-refractivity contribution in [2.24, 2.45) is 0 Å². The van der Waals surface area contributed by atoms with Gasteiger partial charge in [0.25, 0.3) is 5.91 Å². The molecule has 0 radical (unpaired) electrons. The largest absolute Gasteiger partial charge is 0.488 e. The minimum Gasteiger partial charge on any atom is -0.488 e. The molecule has 0 unspecified atom stereocenters. The number of ether oxygens (including phenoxy) is 2. The highest BCUT2D eigenvalue weighted by Gasteiger charge is 2.24. The first-order valence-electron chi connectivity index (χ1n) is 10.8. The zero-order valence-electron chi connectivity index (χ0n) is 18.5. The van der Waals surface area contributed by atoms with Gasteiger partial charge in [0.05, 0.1) is 0 Å². The third kappa shape index (κ3) is 5.65. The van der Waals surface area contributed by atoms with Gasteiger partial charge in [0.1, 0.15) is 17.9 Å². The lowest BCUT2D eigenvalue weighted by Crippen LogP contribution is -2.50. The molecule has 33 heavy (non-hydrogen) atoms. The van der Waals surface area contributed by atoms with Crippen molar-refractivity contribution in [2.45, 2.75) is 13.5 Å². The number of carbonyl (C=O) groups excluding carboxylic acids is 2. The number of hydrogen-bond donors (Lipinski definition) is 0. The molecule has 1 aliphatic heterocycles. The molecule has 2 heterocycles. The van der Waals surface area contributed by atoms with E-state index in [0.29, 0.717) is 50.0 Å². The Labute approximate surface area is 192 Å². The minimum atomic E-state index is -0.583. The third-order valence-corrected chi connectivity index (χ3v) is 5.55. The first-order valence-corrected chi connectivity index (χ1v) is 10.8. The molecule has 1 amide bonds. The summed E-state index contributed by atoms with van der Waals surface area (Å²) in [5, 5.41) is 0. The summed E-state index contributed by atoms with van der Waals surface area (Å²) in [5.41, 5.74) is 2.45. The number of hydrogen-bond acceptors (Lipinski definition) is 7. The number of nitrogens with zero attached hydrogens (tertiary/aromatic N) is 4. The molecule has 4 rings (SSSR count). The predicted molar refractivity (Wildman–Crippen MR) is 123 cm³/mol. The zero-order valence-corrected chi connectivity index (χ0v) is 18.5. The second kappa shape index (κ2) is 10.6. The van der Waals surface area contributed by atoms with Crippen molar-refractivity contribution in [3.8, 4) is 5.75 Å². The number of amides is 1. The van der Waals surface area contributed by atoms with E-state index in [0.717, 1.165) is 11.1 Å². The maximum absolute atomic E-state index is 12.7. The minimum absolute atomic E-state index is 0.227. The van der Waals surface area contributed by atoms with E-state index in [9.17, 15) is 9.59 Å². The van der Waals surface area contributed by atoms with Gasteiger partial charge in [0.2, 0.25) is 5.95 Å². The maximum Gasteiger partial charge on any atom is 0.342 e. The average Bonchev–Trinajstić information content (AvgIpc) is 2.87. The number of carbonyl (C=O) groups is 2. The second-order valence-electron chi connectivity index (χ2n) is 7.70. The van der Waals surface area contributed by atoms with E-state index < -0.39 is 5.97 Å². The van der Waals surface area contributed by atoms with Crippen LogP contribution in [0.25, 0.3) is 0 Å². The first kappa shape index (κ1) is 22.3. The fraction of sp³-hybridized carbons (Fsp3) is 0.280. The van der Waals surface area contributed by atoms with Crippen molar-refractivity contribution >= 4 is 17.8 Å². The van der Waals surface area contributed by atoms with E-state index >= 15 is 0 Å². The van der Waals surface area contributed by atoms with Gasteiger partial charge in [-0.2, -0.15) is 0 Å². The molecule has 0 N–H and O–H groups in total. The standard InChI is InChI=1S/C25H26N4O4/c1-19-7-2-3-8-20(19)17-32-22-10-5-4-9-21(22)24(31)33-18-23(30)28-13-15-29(16-14-28)25-26-11-6-12-27-25/h2-12H,13-18H2,1H3. The molecule has 1 aliphatic rings. The first-order chi connectivity index (χ1) is 16.1. The molecule has 0 saturated carbocycles. The molecule has 3 aromatic rings. The van der Waals surface area contributed by atoms with Crippen molar-refractivity contribution in [3.63, 3.8) is 0 Å². The van der Waals surface area contributed by atoms with Crippen molar-refractivity contribution in [1.82, 2.24) is 14.9 Å². The summed E-state index contributed by atoms with van der Waals surface area (Å²) in [6.07, 6.45) is 3.39. The molecular formula is C25H26N4O4. The quantitative estimate of drug-likeness (QED) is 0.516. The van der Waals surface area contributed by atoms with Gasteiger partial charge in [-0.3, -0.25) is 4.79 Å². The van der Waals surface area contributed by atoms with Crippen LogP contribution in [0, 0.1) is 6.92 Å². The van der Waals surface area contributed by atoms with Crippen LogP contribution in [0.1, 0.15) is 21.5 Å². The van der Waals surface area contributed by atoms with Crippen molar-refractivity contribution < 1.29 is 19.1 Å². The number of para-hydroxylation sites is 1. The molecule has 1 aromatic heterocycles. The van der Waals surface area contributed by atoms with Crippen LogP contribution in [0.5, 0.6) is 5.75 Å². The maximum atomic E-state index is 12.7. The SMILES string of the molecule is Cc1ccccc1COc1ccccc1C(=O)OCC(=O)N1CCN(c2ncccn2)CC1. The van der Waals surface area contributed by atoms with Crippen LogP contribution in [0.2, 0.25) is 0 Å². The van der Waals surface area contributed by atoms with Crippen LogP contribution in [-0.4, -0.2) is 59.5 Å². The number of piperazine rings is 1. The van der Waals surface area contributed by atoms with Gasteiger partial charge in [-0.25, -0.2) is 14.8 Å². The van der Waals surface area contributed by atoms with Crippen LogP contribution in [0.3, 0.4) is 0 Å². The summed E-state index contributed by atoms with van der Waals surface area (Å²) >= 11 is 0. The van der Waals surface area contributed by atoms with Gasteiger partial charge in [-0.15, -0.1) is 0 Å². The Morgan fingerprint density at radius 2 is 1.61 bits per heavy atom. The highest BCUT2D eigenvalue weighted by molar-refractivity contribution is 5.94. The van der Waals surface area contributed by atoms with Gasteiger partial charge in [0, 0.05) is 38.6 Å². The fourth-order valence-corrected chi connectivity index (χ4v) is 3.60.